The van der Waals surface area contributed by atoms with Gasteiger partial charge in [-0.05, 0) is 37.5 Å². The van der Waals surface area contributed by atoms with Crippen molar-refractivity contribution in [3.8, 4) is 0 Å². The van der Waals surface area contributed by atoms with Crippen molar-refractivity contribution in [3.05, 3.63) is 30.1 Å². The van der Waals surface area contributed by atoms with E-state index >= 15 is 0 Å². The van der Waals surface area contributed by atoms with Crippen LogP contribution in [0.25, 0.3) is 0 Å². The molecule has 1 heterocycles. The molecule has 5 heteroatoms. The molecule has 0 saturated carbocycles. The van der Waals surface area contributed by atoms with Crippen LogP contribution in [-0.4, -0.2) is 28.0 Å². The van der Waals surface area contributed by atoms with Crippen LogP contribution in [0.4, 0.5) is 0 Å². The predicted molar refractivity (Wildman–Crippen MR) is 67.0 cm³/mol. The first-order chi connectivity index (χ1) is 8.58. The summed E-state index contributed by atoms with van der Waals surface area (Å²) >= 11 is 0. The quantitative estimate of drug-likeness (QED) is 0.766. The average molecular weight is 250 g/mol. The number of nitrogens with zero attached hydrogens (tertiary/aromatic N) is 1. The molecule has 1 unspecified atom stereocenters. The first-order valence-electron chi connectivity index (χ1n) is 5.98. The molecule has 18 heavy (non-hydrogen) atoms. The topological polar surface area (TPSA) is 79.3 Å². The highest BCUT2D eigenvalue weighted by molar-refractivity contribution is 5.76. The zero-order valence-electron chi connectivity index (χ0n) is 10.4. The van der Waals surface area contributed by atoms with Crippen LogP contribution in [0.15, 0.2) is 24.5 Å². The molecule has 0 aliphatic carbocycles. The van der Waals surface area contributed by atoms with E-state index in [1.807, 2.05) is 19.1 Å². The third-order valence-electron chi connectivity index (χ3n) is 2.59. The van der Waals surface area contributed by atoms with E-state index in [9.17, 15) is 9.59 Å². The Kier molecular flexibility index (Phi) is 5.84. The SMILES string of the molecule is CC(CCC(=O)O)NC(=O)CCc1ccncc1. The number of nitrogens with one attached hydrogen (secondary N) is 1. The van der Waals surface area contributed by atoms with E-state index in [2.05, 4.69) is 10.3 Å². The van der Waals surface area contributed by atoms with Gasteiger partial charge in [0.15, 0.2) is 0 Å². The molecule has 0 aromatic carbocycles. The molecule has 2 N–H and O–H groups in total. The fourth-order valence-electron chi connectivity index (χ4n) is 1.57. The normalized spacial score (nSPS) is 11.8. The second-order valence-corrected chi connectivity index (χ2v) is 4.26. The van der Waals surface area contributed by atoms with Gasteiger partial charge in [-0.15, -0.1) is 0 Å². The molecule has 5 nitrogen and oxygen atoms in total. The second kappa shape index (κ2) is 7.42. The number of aryl methyl sites for hydroxylation is 1. The van der Waals surface area contributed by atoms with Gasteiger partial charge in [0.1, 0.15) is 0 Å². The number of carbonyl (C=O) groups is 2. The number of hydrogen-bond acceptors (Lipinski definition) is 3. The number of carboxylic acid groups (broad SMARTS) is 1. The minimum atomic E-state index is -0.840. The Morgan fingerprint density at radius 2 is 2.00 bits per heavy atom. The Hall–Kier alpha value is -1.91. The Bertz CT molecular complexity index is 392. The van der Waals surface area contributed by atoms with Crippen molar-refractivity contribution in [2.45, 2.75) is 38.6 Å². The zero-order chi connectivity index (χ0) is 13.4. The first-order valence-corrected chi connectivity index (χ1v) is 5.98. The number of rotatable bonds is 7. The summed E-state index contributed by atoms with van der Waals surface area (Å²) in [6.07, 6.45) is 5.00. The van der Waals surface area contributed by atoms with Crippen molar-refractivity contribution in [2.75, 3.05) is 0 Å². The van der Waals surface area contributed by atoms with Crippen LogP contribution in [0.2, 0.25) is 0 Å². The van der Waals surface area contributed by atoms with Crippen molar-refractivity contribution < 1.29 is 14.7 Å². The van der Waals surface area contributed by atoms with Crippen molar-refractivity contribution in [3.63, 3.8) is 0 Å². The molecule has 0 saturated heterocycles. The fraction of sp³-hybridized carbons (Fsp3) is 0.462. The number of amides is 1. The number of carboxylic acids is 1. The zero-order valence-corrected chi connectivity index (χ0v) is 10.4. The van der Waals surface area contributed by atoms with Crippen LogP contribution in [0.1, 0.15) is 31.7 Å². The summed E-state index contributed by atoms with van der Waals surface area (Å²) in [4.78, 5) is 25.9. The molecule has 0 bridgehead atoms. The summed E-state index contributed by atoms with van der Waals surface area (Å²) < 4.78 is 0. The van der Waals surface area contributed by atoms with Crippen LogP contribution in [0.5, 0.6) is 0 Å². The highest BCUT2D eigenvalue weighted by atomic mass is 16.4. The van der Waals surface area contributed by atoms with Crippen molar-refractivity contribution in [1.29, 1.82) is 0 Å². The molecule has 0 aliphatic rings. The van der Waals surface area contributed by atoms with E-state index in [0.29, 0.717) is 19.3 Å². The summed E-state index contributed by atoms with van der Waals surface area (Å²) in [5, 5.41) is 11.3. The van der Waals surface area contributed by atoms with E-state index in [1.165, 1.54) is 0 Å². The summed E-state index contributed by atoms with van der Waals surface area (Å²) in [6, 6.07) is 3.65. The molecular weight excluding hydrogens is 232 g/mol. The van der Waals surface area contributed by atoms with Crippen LogP contribution >= 0.6 is 0 Å². The largest absolute Gasteiger partial charge is 0.481 e. The molecular formula is C13H18N2O3. The fourth-order valence-corrected chi connectivity index (χ4v) is 1.57. The Morgan fingerprint density at radius 1 is 1.33 bits per heavy atom. The van der Waals surface area contributed by atoms with E-state index in [4.69, 9.17) is 5.11 Å². The molecule has 1 rings (SSSR count). The molecule has 1 atom stereocenters. The molecule has 0 spiro atoms. The molecule has 0 fully saturated rings. The number of aromatic nitrogens is 1. The van der Waals surface area contributed by atoms with Gasteiger partial charge in [-0.25, -0.2) is 0 Å². The summed E-state index contributed by atoms with van der Waals surface area (Å²) in [5.41, 5.74) is 1.07. The van der Waals surface area contributed by atoms with Gasteiger partial charge in [0.2, 0.25) is 5.91 Å². The lowest BCUT2D eigenvalue weighted by atomic mass is 10.1. The van der Waals surface area contributed by atoms with Gasteiger partial charge in [0.25, 0.3) is 0 Å². The lowest BCUT2D eigenvalue weighted by Gasteiger charge is -2.12. The summed E-state index contributed by atoms with van der Waals surface area (Å²) in [6.45, 7) is 1.81. The van der Waals surface area contributed by atoms with Crippen LogP contribution in [-0.2, 0) is 16.0 Å². The highest BCUT2D eigenvalue weighted by Crippen LogP contribution is 2.02. The van der Waals surface area contributed by atoms with Gasteiger partial charge in [-0.2, -0.15) is 0 Å². The van der Waals surface area contributed by atoms with E-state index in [0.717, 1.165) is 5.56 Å². The van der Waals surface area contributed by atoms with E-state index in [-0.39, 0.29) is 18.4 Å². The van der Waals surface area contributed by atoms with E-state index in [1.54, 1.807) is 12.4 Å². The minimum Gasteiger partial charge on any atom is -0.481 e. The van der Waals surface area contributed by atoms with Crippen LogP contribution < -0.4 is 5.32 Å². The number of hydrogen-bond donors (Lipinski definition) is 2. The Balaban J connectivity index is 2.23. The van der Waals surface area contributed by atoms with Crippen LogP contribution in [0.3, 0.4) is 0 Å². The highest BCUT2D eigenvalue weighted by Gasteiger charge is 2.09. The molecule has 98 valence electrons. The number of pyridine rings is 1. The van der Waals surface area contributed by atoms with Crippen LogP contribution in [0, 0.1) is 0 Å². The monoisotopic (exact) mass is 250 g/mol. The molecule has 1 aromatic rings. The standard InChI is InChI=1S/C13H18N2O3/c1-10(2-5-13(17)18)15-12(16)4-3-11-6-8-14-9-7-11/h6-10H,2-5H2,1H3,(H,15,16)(H,17,18). The maximum atomic E-state index is 11.6. The third kappa shape index (κ3) is 5.98. The van der Waals surface area contributed by atoms with Crippen molar-refractivity contribution in [2.24, 2.45) is 0 Å². The van der Waals surface area contributed by atoms with Gasteiger partial charge in [0, 0.05) is 31.3 Å². The first kappa shape index (κ1) is 14.2. The van der Waals surface area contributed by atoms with E-state index < -0.39 is 5.97 Å². The second-order valence-electron chi connectivity index (χ2n) is 4.26. The number of aliphatic carboxylic acids is 1. The van der Waals surface area contributed by atoms with Gasteiger partial charge in [-0.3, -0.25) is 14.6 Å². The smallest absolute Gasteiger partial charge is 0.303 e. The summed E-state index contributed by atoms with van der Waals surface area (Å²) in [7, 11) is 0. The predicted octanol–water partition coefficient (Wildman–Crippen LogP) is 1.38. The lowest BCUT2D eigenvalue weighted by Crippen LogP contribution is -2.33. The van der Waals surface area contributed by atoms with Gasteiger partial charge < -0.3 is 10.4 Å². The molecule has 1 aromatic heterocycles. The minimum absolute atomic E-state index is 0.0512. The maximum absolute atomic E-state index is 11.6. The van der Waals surface area contributed by atoms with Gasteiger partial charge in [0.05, 0.1) is 0 Å². The average Bonchev–Trinajstić information content (AvgIpc) is 2.35. The van der Waals surface area contributed by atoms with Gasteiger partial charge in [-0.1, -0.05) is 0 Å². The number of carbonyl (C=O) groups excluding carboxylic acids is 1. The van der Waals surface area contributed by atoms with Crippen molar-refractivity contribution in [1.82, 2.24) is 10.3 Å². The molecule has 1 amide bonds. The Morgan fingerprint density at radius 3 is 2.61 bits per heavy atom. The van der Waals surface area contributed by atoms with Gasteiger partial charge >= 0.3 is 5.97 Å². The van der Waals surface area contributed by atoms with Crippen molar-refractivity contribution >= 4 is 11.9 Å². The maximum Gasteiger partial charge on any atom is 0.303 e. The Labute approximate surface area is 106 Å². The summed E-state index contributed by atoms with van der Waals surface area (Å²) in [5.74, 6) is -0.891. The lowest BCUT2D eigenvalue weighted by molar-refractivity contribution is -0.137. The molecule has 0 aliphatic heterocycles. The third-order valence-corrected chi connectivity index (χ3v) is 2.59. The molecule has 0 radical (unpaired) electrons.